The summed E-state index contributed by atoms with van der Waals surface area (Å²) in [5.74, 6) is -0.357. The highest BCUT2D eigenvalue weighted by atomic mass is 32.2. The van der Waals surface area contributed by atoms with Gasteiger partial charge in [-0.05, 0) is 71.8 Å². The van der Waals surface area contributed by atoms with Gasteiger partial charge < -0.3 is 9.80 Å². The van der Waals surface area contributed by atoms with Crippen LogP contribution in [0.1, 0.15) is 12.8 Å². The Balaban J connectivity index is 1.15. The molecule has 3 heterocycles. The van der Waals surface area contributed by atoms with Gasteiger partial charge in [0.05, 0.1) is 10.6 Å². The number of benzene rings is 2. The van der Waals surface area contributed by atoms with Crippen LogP contribution in [0, 0.1) is 11.7 Å². The standard InChI is InChI=1S/C23H26FN7O3S/c24-19-1-3-20(4-2-19)28-13-15-29(16-14-28)23(32)18-9-11-30(12-10-18)35(33,34)22-7-5-21(6-8-22)31-17-25-26-27-31/h1-8,17-18H,9-16H2. The summed E-state index contributed by atoms with van der Waals surface area (Å²) in [6, 6.07) is 12.8. The summed E-state index contributed by atoms with van der Waals surface area (Å²) in [4.78, 5) is 17.3. The van der Waals surface area contributed by atoms with E-state index in [-0.39, 0.29) is 22.5 Å². The molecule has 5 rings (SSSR count). The van der Waals surface area contributed by atoms with Crippen molar-refractivity contribution < 1.29 is 17.6 Å². The van der Waals surface area contributed by atoms with Gasteiger partial charge in [-0.3, -0.25) is 4.79 Å². The zero-order valence-electron chi connectivity index (χ0n) is 19.1. The fourth-order valence-corrected chi connectivity index (χ4v) is 6.11. The zero-order valence-corrected chi connectivity index (χ0v) is 19.9. The highest BCUT2D eigenvalue weighted by molar-refractivity contribution is 7.89. The minimum absolute atomic E-state index is 0.0894. The van der Waals surface area contributed by atoms with Crippen LogP contribution >= 0.6 is 0 Å². The van der Waals surface area contributed by atoms with Gasteiger partial charge in [0.2, 0.25) is 15.9 Å². The molecule has 0 unspecified atom stereocenters. The summed E-state index contributed by atoms with van der Waals surface area (Å²) in [5.41, 5.74) is 1.61. The minimum atomic E-state index is -3.65. The highest BCUT2D eigenvalue weighted by Crippen LogP contribution is 2.26. The molecule has 12 heteroatoms. The number of aromatic nitrogens is 4. The Hall–Kier alpha value is -3.38. The van der Waals surface area contributed by atoms with Crippen molar-refractivity contribution in [3.05, 3.63) is 60.7 Å². The molecule has 0 aliphatic carbocycles. The molecule has 2 aliphatic heterocycles. The summed E-state index contributed by atoms with van der Waals surface area (Å²) in [6.07, 6.45) is 2.44. The fraction of sp³-hybridized carbons (Fsp3) is 0.391. The van der Waals surface area contributed by atoms with Crippen molar-refractivity contribution in [1.82, 2.24) is 29.4 Å². The number of halogens is 1. The number of piperazine rings is 1. The molecule has 0 atom stereocenters. The molecule has 1 amide bonds. The number of carbonyl (C=O) groups excluding carboxylic acids is 1. The molecule has 1 aromatic heterocycles. The normalized spacial score (nSPS) is 18.1. The van der Waals surface area contributed by atoms with Gasteiger partial charge in [0, 0.05) is 50.9 Å². The van der Waals surface area contributed by atoms with E-state index < -0.39 is 10.0 Å². The third kappa shape index (κ3) is 4.89. The first-order valence-corrected chi connectivity index (χ1v) is 13.0. The second-order valence-corrected chi connectivity index (χ2v) is 10.7. The summed E-state index contributed by atoms with van der Waals surface area (Å²) in [7, 11) is -3.65. The van der Waals surface area contributed by atoms with E-state index in [1.54, 1.807) is 36.4 Å². The summed E-state index contributed by atoms with van der Waals surface area (Å²) in [5, 5.41) is 11.0. The van der Waals surface area contributed by atoms with Crippen LogP contribution in [-0.2, 0) is 14.8 Å². The van der Waals surface area contributed by atoms with E-state index in [0.29, 0.717) is 57.8 Å². The molecule has 2 aromatic carbocycles. The molecule has 3 aromatic rings. The summed E-state index contributed by atoms with van der Waals surface area (Å²) < 4.78 is 42.3. The van der Waals surface area contributed by atoms with E-state index in [0.717, 1.165) is 5.69 Å². The van der Waals surface area contributed by atoms with Crippen LogP contribution in [-0.4, -0.2) is 83.0 Å². The predicted molar refractivity (Wildman–Crippen MR) is 126 cm³/mol. The zero-order chi connectivity index (χ0) is 24.4. The van der Waals surface area contributed by atoms with E-state index in [2.05, 4.69) is 20.4 Å². The number of amides is 1. The maximum atomic E-state index is 13.2. The maximum Gasteiger partial charge on any atom is 0.243 e. The molecular formula is C23H26FN7O3S. The topological polar surface area (TPSA) is 105 Å². The van der Waals surface area contributed by atoms with E-state index in [1.807, 2.05) is 4.90 Å². The Kier molecular flexibility index (Phi) is 6.48. The van der Waals surface area contributed by atoms with Crippen LogP contribution in [0.4, 0.5) is 10.1 Å². The molecule has 0 N–H and O–H groups in total. The average molecular weight is 500 g/mol. The van der Waals surface area contributed by atoms with Gasteiger partial charge >= 0.3 is 0 Å². The minimum Gasteiger partial charge on any atom is -0.368 e. The van der Waals surface area contributed by atoms with Crippen LogP contribution in [0.5, 0.6) is 0 Å². The number of hydrogen-bond acceptors (Lipinski definition) is 7. The lowest BCUT2D eigenvalue weighted by Crippen LogP contribution is -2.52. The highest BCUT2D eigenvalue weighted by Gasteiger charge is 2.34. The Morgan fingerprint density at radius 3 is 2.09 bits per heavy atom. The molecule has 0 saturated carbocycles. The number of hydrogen-bond donors (Lipinski definition) is 0. The number of anilines is 1. The molecule has 0 spiro atoms. The van der Waals surface area contributed by atoms with Crippen molar-refractivity contribution in [3.63, 3.8) is 0 Å². The SMILES string of the molecule is O=C(C1CCN(S(=O)(=O)c2ccc(-n3cnnn3)cc2)CC1)N1CCN(c2ccc(F)cc2)CC1. The molecule has 0 radical (unpaired) electrons. The number of carbonyl (C=O) groups is 1. The third-order valence-electron chi connectivity index (χ3n) is 6.67. The maximum absolute atomic E-state index is 13.2. The van der Waals surface area contributed by atoms with Crippen molar-refractivity contribution in [1.29, 1.82) is 0 Å². The van der Waals surface area contributed by atoms with E-state index in [1.165, 1.54) is 27.4 Å². The number of piperidine rings is 1. The molecule has 2 fully saturated rings. The fourth-order valence-electron chi connectivity index (χ4n) is 4.64. The Labute approximate surface area is 203 Å². The first-order chi connectivity index (χ1) is 16.9. The largest absolute Gasteiger partial charge is 0.368 e. The Morgan fingerprint density at radius 1 is 0.857 bits per heavy atom. The van der Waals surface area contributed by atoms with Gasteiger partial charge in [-0.25, -0.2) is 17.5 Å². The average Bonchev–Trinajstić information content (AvgIpc) is 3.44. The predicted octanol–water partition coefficient (Wildman–Crippen LogP) is 1.55. The van der Waals surface area contributed by atoms with Gasteiger partial charge in [0.15, 0.2) is 0 Å². The van der Waals surface area contributed by atoms with Crippen molar-refractivity contribution >= 4 is 21.6 Å². The van der Waals surface area contributed by atoms with E-state index in [4.69, 9.17) is 0 Å². The van der Waals surface area contributed by atoms with Crippen LogP contribution in [0.15, 0.2) is 59.8 Å². The Bertz CT molecular complexity index is 1250. The van der Waals surface area contributed by atoms with E-state index in [9.17, 15) is 17.6 Å². The smallest absolute Gasteiger partial charge is 0.243 e. The van der Waals surface area contributed by atoms with Crippen molar-refractivity contribution in [2.24, 2.45) is 5.92 Å². The summed E-state index contributed by atoms with van der Waals surface area (Å²) >= 11 is 0. The van der Waals surface area contributed by atoms with Crippen molar-refractivity contribution in [2.75, 3.05) is 44.2 Å². The van der Waals surface area contributed by atoms with Crippen LogP contribution in [0.25, 0.3) is 5.69 Å². The van der Waals surface area contributed by atoms with Gasteiger partial charge in [0.25, 0.3) is 0 Å². The van der Waals surface area contributed by atoms with E-state index >= 15 is 0 Å². The number of nitrogens with zero attached hydrogens (tertiary/aromatic N) is 7. The lowest BCUT2D eigenvalue weighted by Gasteiger charge is -2.39. The molecule has 2 saturated heterocycles. The van der Waals surface area contributed by atoms with Gasteiger partial charge in [-0.1, -0.05) is 0 Å². The third-order valence-corrected chi connectivity index (χ3v) is 8.59. The van der Waals surface area contributed by atoms with Crippen molar-refractivity contribution in [2.45, 2.75) is 17.7 Å². The quantitative estimate of drug-likeness (QED) is 0.525. The molecule has 0 bridgehead atoms. The second kappa shape index (κ2) is 9.70. The van der Waals surface area contributed by atoms with Crippen LogP contribution in [0.3, 0.4) is 0 Å². The van der Waals surface area contributed by atoms with Gasteiger partial charge in [-0.2, -0.15) is 4.31 Å². The summed E-state index contributed by atoms with van der Waals surface area (Å²) in [6.45, 7) is 3.19. The molecular weight excluding hydrogens is 473 g/mol. The monoisotopic (exact) mass is 499 g/mol. The number of tetrazole rings is 1. The molecule has 10 nitrogen and oxygen atoms in total. The van der Waals surface area contributed by atoms with Crippen LogP contribution < -0.4 is 4.90 Å². The number of sulfonamides is 1. The molecule has 184 valence electrons. The van der Waals surface area contributed by atoms with Crippen molar-refractivity contribution in [3.8, 4) is 5.69 Å². The lowest BCUT2D eigenvalue weighted by molar-refractivity contribution is -0.137. The number of rotatable bonds is 5. The van der Waals surface area contributed by atoms with Gasteiger partial charge in [-0.15, -0.1) is 5.10 Å². The Morgan fingerprint density at radius 2 is 1.49 bits per heavy atom. The first kappa shape index (κ1) is 23.4. The lowest BCUT2D eigenvalue weighted by atomic mass is 9.96. The van der Waals surface area contributed by atoms with Gasteiger partial charge in [0.1, 0.15) is 12.1 Å². The molecule has 2 aliphatic rings. The first-order valence-electron chi connectivity index (χ1n) is 11.5. The van der Waals surface area contributed by atoms with Crippen LogP contribution in [0.2, 0.25) is 0 Å². The second-order valence-electron chi connectivity index (χ2n) is 8.72. The molecule has 35 heavy (non-hydrogen) atoms.